The van der Waals surface area contributed by atoms with Crippen LogP contribution in [0.25, 0.3) is 0 Å². The van der Waals surface area contributed by atoms with Crippen LogP contribution in [0.3, 0.4) is 0 Å². The summed E-state index contributed by atoms with van der Waals surface area (Å²) in [4.78, 5) is 4.14. The van der Waals surface area contributed by atoms with E-state index in [0.29, 0.717) is 11.1 Å². The minimum atomic E-state index is 0.358. The third kappa shape index (κ3) is 2.11. The van der Waals surface area contributed by atoms with Gasteiger partial charge in [0, 0.05) is 12.2 Å². The Morgan fingerprint density at radius 2 is 2.17 bits per heavy atom. The number of aromatic nitrogens is 1. The van der Waals surface area contributed by atoms with Gasteiger partial charge in [0.15, 0.2) is 0 Å². The van der Waals surface area contributed by atoms with Crippen molar-refractivity contribution >= 4 is 17.4 Å². The van der Waals surface area contributed by atoms with Crippen LogP contribution < -0.4 is 5.32 Å². The molecule has 3 heteroatoms. The first-order valence-corrected chi connectivity index (χ1v) is 4.36. The standard InChI is InChI=1S/C9H13ClN2/c1-6(2)12-9-8(10)7(3)4-5-11-9/h4-6H,1-3H3,(H,11,12). The van der Waals surface area contributed by atoms with Crippen LogP contribution in [0.15, 0.2) is 12.3 Å². The molecule has 1 heterocycles. The average molecular weight is 185 g/mol. The second kappa shape index (κ2) is 3.76. The molecule has 12 heavy (non-hydrogen) atoms. The zero-order valence-corrected chi connectivity index (χ0v) is 8.31. The number of rotatable bonds is 2. The van der Waals surface area contributed by atoms with Gasteiger partial charge in [0.2, 0.25) is 0 Å². The van der Waals surface area contributed by atoms with Crippen LogP contribution in [0, 0.1) is 6.92 Å². The van der Waals surface area contributed by atoms with Gasteiger partial charge in [-0.15, -0.1) is 0 Å². The van der Waals surface area contributed by atoms with Crippen molar-refractivity contribution in [2.24, 2.45) is 0 Å². The first-order chi connectivity index (χ1) is 5.61. The van der Waals surface area contributed by atoms with Gasteiger partial charge < -0.3 is 5.32 Å². The average Bonchev–Trinajstić information content (AvgIpc) is 1.98. The zero-order chi connectivity index (χ0) is 9.14. The van der Waals surface area contributed by atoms with Crippen LogP contribution in [0.1, 0.15) is 19.4 Å². The summed E-state index contributed by atoms with van der Waals surface area (Å²) in [5, 5.41) is 3.88. The highest BCUT2D eigenvalue weighted by atomic mass is 35.5. The van der Waals surface area contributed by atoms with Gasteiger partial charge in [-0.05, 0) is 32.4 Å². The summed E-state index contributed by atoms with van der Waals surface area (Å²) in [5.41, 5.74) is 1.05. The van der Waals surface area contributed by atoms with Crippen molar-refractivity contribution in [2.75, 3.05) is 5.32 Å². The monoisotopic (exact) mass is 184 g/mol. The van der Waals surface area contributed by atoms with Crippen molar-refractivity contribution in [3.63, 3.8) is 0 Å². The molecule has 0 aliphatic carbocycles. The molecule has 0 saturated carbocycles. The Hall–Kier alpha value is -0.760. The van der Waals surface area contributed by atoms with Crippen LogP contribution in [-0.4, -0.2) is 11.0 Å². The van der Waals surface area contributed by atoms with Crippen molar-refractivity contribution in [2.45, 2.75) is 26.8 Å². The Balaban J connectivity index is 2.92. The van der Waals surface area contributed by atoms with Crippen LogP contribution in [0.4, 0.5) is 5.82 Å². The van der Waals surface area contributed by atoms with Gasteiger partial charge >= 0.3 is 0 Å². The molecule has 0 saturated heterocycles. The molecule has 0 radical (unpaired) electrons. The third-order valence-corrected chi connectivity index (χ3v) is 1.98. The topological polar surface area (TPSA) is 24.9 Å². The Bertz CT molecular complexity index is 271. The zero-order valence-electron chi connectivity index (χ0n) is 7.56. The molecule has 2 nitrogen and oxygen atoms in total. The van der Waals surface area contributed by atoms with E-state index in [1.54, 1.807) is 6.20 Å². The molecule has 1 N–H and O–H groups in total. The molecule has 0 atom stereocenters. The minimum absolute atomic E-state index is 0.358. The number of pyridine rings is 1. The molecule has 0 amide bonds. The molecule has 0 unspecified atom stereocenters. The molecule has 66 valence electrons. The summed E-state index contributed by atoms with van der Waals surface area (Å²) in [5.74, 6) is 0.770. The summed E-state index contributed by atoms with van der Waals surface area (Å²) in [6.07, 6.45) is 1.76. The normalized spacial score (nSPS) is 10.4. The lowest BCUT2D eigenvalue weighted by Gasteiger charge is -2.11. The number of nitrogens with zero attached hydrogens (tertiary/aromatic N) is 1. The number of nitrogens with one attached hydrogen (secondary N) is 1. The van der Waals surface area contributed by atoms with Crippen LogP contribution in [0.5, 0.6) is 0 Å². The molecule has 0 fully saturated rings. The van der Waals surface area contributed by atoms with E-state index < -0.39 is 0 Å². The fourth-order valence-electron chi connectivity index (χ4n) is 0.914. The fraction of sp³-hybridized carbons (Fsp3) is 0.444. The summed E-state index contributed by atoms with van der Waals surface area (Å²) in [7, 11) is 0. The van der Waals surface area contributed by atoms with E-state index in [1.165, 1.54) is 0 Å². The highest BCUT2D eigenvalue weighted by Crippen LogP contribution is 2.22. The SMILES string of the molecule is Cc1ccnc(NC(C)C)c1Cl. The molecule has 0 bridgehead atoms. The molecule has 1 aromatic heterocycles. The van der Waals surface area contributed by atoms with Gasteiger partial charge in [0.1, 0.15) is 5.82 Å². The molecule has 1 aromatic rings. The lowest BCUT2D eigenvalue weighted by Crippen LogP contribution is -2.11. The van der Waals surface area contributed by atoms with E-state index in [1.807, 2.05) is 13.0 Å². The van der Waals surface area contributed by atoms with Crippen molar-refractivity contribution in [1.82, 2.24) is 4.98 Å². The first-order valence-electron chi connectivity index (χ1n) is 3.99. The molecular weight excluding hydrogens is 172 g/mol. The van der Waals surface area contributed by atoms with Crippen LogP contribution in [0.2, 0.25) is 5.02 Å². The lowest BCUT2D eigenvalue weighted by atomic mass is 10.3. The maximum absolute atomic E-state index is 6.01. The van der Waals surface area contributed by atoms with E-state index in [4.69, 9.17) is 11.6 Å². The highest BCUT2D eigenvalue weighted by molar-refractivity contribution is 6.33. The number of aryl methyl sites for hydroxylation is 1. The molecular formula is C9H13ClN2. The number of halogens is 1. The summed E-state index contributed by atoms with van der Waals surface area (Å²) in [6.45, 7) is 6.08. The van der Waals surface area contributed by atoms with E-state index in [2.05, 4.69) is 24.1 Å². The predicted molar refractivity (Wildman–Crippen MR) is 52.7 cm³/mol. The Morgan fingerprint density at radius 1 is 1.50 bits per heavy atom. The van der Waals surface area contributed by atoms with Gasteiger partial charge in [-0.25, -0.2) is 4.98 Å². The van der Waals surface area contributed by atoms with Gasteiger partial charge in [0.25, 0.3) is 0 Å². The fourth-order valence-corrected chi connectivity index (χ4v) is 1.08. The minimum Gasteiger partial charge on any atom is -0.367 e. The van der Waals surface area contributed by atoms with Gasteiger partial charge in [-0.2, -0.15) is 0 Å². The molecule has 0 spiro atoms. The Labute approximate surface area is 78.0 Å². The number of hydrogen-bond donors (Lipinski definition) is 1. The van der Waals surface area contributed by atoms with E-state index in [-0.39, 0.29) is 0 Å². The third-order valence-electron chi connectivity index (χ3n) is 1.51. The Morgan fingerprint density at radius 3 is 2.75 bits per heavy atom. The smallest absolute Gasteiger partial charge is 0.145 e. The van der Waals surface area contributed by atoms with Crippen molar-refractivity contribution < 1.29 is 0 Å². The van der Waals surface area contributed by atoms with Crippen LogP contribution in [-0.2, 0) is 0 Å². The van der Waals surface area contributed by atoms with Gasteiger partial charge in [-0.1, -0.05) is 11.6 Å². The maximum atomic E-state index is 6.01. The van der Waals surface area contributed by atoms with Gasteiger partial charge in [0.05, 0.1) is 5.02 Å². The van der Waals surface area contributed by atoms with Gasteiger partial charge in [-0.3, -0.25) is 0 Å². The quantitative estimate of drug-likeness (QED) is 0.765. The number of hydrogen-bond acceptors (Lipinski definition) is 2. The Kier molecular flexibility index (Phi) is 2.93. The highest BCUT2D eigenvalue weighted by Gasteiger charge is 2.04. The van der Waals surface area contributed by atoms with E-state index in [9.17, 15) is 0 Å². The van der Waals surface area contributed by atoms with Crippen molar-refractivity contribution in [3.8, 4) is 0 Å². The number of anilines is 1. The molecule has 0 aliphatic heterocycles. The predicted octanol–water partition coefficient (Wildman–Crippen LogP) is 2.86. The van der Waals surface area contributed by atoms with E-state index >= 15 is 0 Å². The first kappa shape index (κ1) is 9.33. The summed E-state index contributed by atoms with van der Waals surface area (Å²) in [6, 6.07) is 2.25. The van der Waals surface area contributed by atoms with Crippen LogP contribution >= 0.6 is 11.6 Å². The summed E-state index contributed by atoms with van der Waals surface area (Å²) < 4.78 is 0. The van der Waals surface area contributed by atoms with Crippen molar-refractivity contribution in [3.05, 3.63) is 22.8 Å². The molecule has 1 rings (SSSR count). The lowest BCUT2D eigenvalue weighted by molar-refractivity contribution is 0.888. The molecule has 0 aromatic carbocycles. The van der Waals surface area contributed by atoms with E-state index in [0.717, 1.165) is 11.4 Å². The molecule has 0 aliphatic rings. The summed E-state index contributed by atoms with van der Waals surface area (Å²) >= 11 is 6.01. The maximum Gasteiger partial charge on any atom is 0.145 e. The van der Waals surface area contributed by atoms with Crippen molar-refractivity contribution in [1.29, 1.82) is 0 Å². The largest absolute Gasteiger partial charge is 0.367 e. The second-order valence-corrected chi connectivity index (χ2v) is 3.47. The second-order valence-electron chi connectivity index (χ2n) is 3.09.